The van der Waals surface area contributed by atoms with Crippen LogP contribution in [0, 0.1) is 0 Å². The van der Waals surface area contributed by atoms with E-state index in [4.69, 9.17) is 9.47 Å². The summed E-state index contributed by atoms with van der Waals surface area (Å²) in [4.78, 5) is 16.5. The topological polar surface area (TPSA) is 54.0 Å². The zero-order valence-corrected chi connectivity index (χ0v) is 13.7. The fraction of sp³-hybridized carbons (Fsp3) is 0.588. The van der Waals surface area contributed by atoms with Gasteiger partial charge in [0.05, 0.1) is 7.11 Å². The quantitative estimate of drug-likeness (QED) is 0.921. The van der Waals surface area contributed by atoms with Crippen LogP contribution in [0.1, 0.15) is 12.8 Å². The molecule has 126 valence electrons. The molecule has 6 nitrogen and oxygen atoms in total. The molecule has 1 N–H and O–H groups in total. The van der Waals surface area contributed by atoms with E-state index in [0.29, 0.717) is 0 Å². The largest absolute Gasteiger partial charge is 0.497 e. The van der Waals surface area contributed by atoms with Crippen LogP contribution in [0.2, 0.25) is 0 Å². The van der Waals surface area contributed by atoms with Gasteiger partial charge in [0, 0.05) is 51.1 Å². The van der Waals surface area contributed by atoms with E-state index in [1.54, 1.807) is 7.11 Å². The van der Waals surface area contributed by atoms with Crippen molar-refractivity contribution in [3.05, 3.63) is 24.3 Å². The SMILES string of the molecule is COc1ccc(N2CCN(C(=O)NC3CCOCC3)CC2)cc1. The van der Waals surface area contributed by atoms with Crippen LogP contribution < -0.4 is 15.0 Å². The molecule has 0 bridgehead atoms. The molecular formula is C17H25N3O3. The average Bonchev–Trinajstić information content (AvgIpc) is 2.63. The summed E-state index contributed by atoms with van der Waals surface area (Å²) in [5, 5.41) is 3.13. The number of nitrogens with one attached hydrogen (secondary N) is 1. The van der Waals surface area contributed by atoms with Gasteiger partial charge < -0.3 is 24.6 Å². The minimum Gasteiger partial charge on any atom is -0.497 e. The highest BCUT2D eigenvalue weighted by Gasteiger charge is 2.24. The fourth-order valence-corrected chi connectivity index (χ4v) is 3.07. The number of nitrogens with zero attached hydrogens (tertiary/aromatic N) is 2. The van der Waals surface area contributed by atoms with Crippen molar-refractivity contribution in [1.82, 2.24) is 10.2 Å². The summed E-state index contributed by atoms with van der Waals surface area (Å²) in [5.74, 6) is 0.864. The molecule has 2 heterocycles. The second-order valence-electron chi connectivity index (χ2n) is 6.01. The van der Waals surface area contributed by atoms with Crippen molar-refractivity contribution in [1.29, 1.82) is 0 Å². The first-order valence-corrected chi connectivity index (χ1v) is 8.28. The number of rotatable bonds is 3. The van der Waals surface area contributed by atoms with Crippen molar-refractivity contribution in [2.24, 2.45) is 0 Å². The Labute approximate surface area is 137 Å². The van der Waals surface area contributed by atoms with Crippen LogP contribution in [-0.4, -0.2) is 63.5 Å². The molecule has 2 aliphatic rings. The van der Waals surface area contributed by atoms with Gasteiger partial charge >= 0.3 is 6.03 Å². The summed E-state index contributed by atoms with van der Waals surface area (Å²) in [7, 11) is 1.67. The van der Waals surface area contributed by atoms with Crippen LogP contribution in [-0.2, 0) is 4.74 Å². The molecule has 3 rings (SSSR count). The third-order valence-electron chi connectivity index (χ3n) is 4.55. The van der Waals surface area contributed by atoms with Gasteiger partial charge in [-0.15, -0.1) is 0 Å². The number of amides is 2. The Morgan fingerprint density at radius 3 is 2.39 bits per heavy atom. The zero-order chi connectivity index (χ0) is 16.1. The van der Waals surface area contributed by atoms with Gasteiger partial charge in [-0.1, -0.05) is 0 Å². The summed E-state index contributed by atoms with van der Waals surface area (Å²) < 4.78 is 10.5. The van der Waals surface area contributed by atoms with Crippen LogP contribution in [0.5, 0.6) is 5.75 Å². The molecular weight excluding hydrogens is 294 g/mol. The molecule has 2 fully saturated rings. The Bertz CT molecular complexity index is 506. The van der Waals surface area contributed by atoms with Crippen LogP contribution in [0.3, 0.4) is 0 Å². The molecule has 0 aromatic heterocycles. The van der Waals surface area contributed by atoms with Crippen LogP contribution >= 0.6 is 0 Å². The minimum absolute atomic E-state index is 0.0614. The normalized spacial score (nSPS) is 19.5. The van der Waals surface area contributed by atoms with Crippen LogP contribution in [0.15, 0.2) is 24.3 Å². The maximum absolute atomic E-state index is 12.3. The number of carbonyl (C=O) groups is 1. The molecule has 1 aromatic carbocycles. The molecule has 23 heavy (non-hydrogen) atoms. The van der Waals surface area contributed by atoms with Crippen LogP contribution in [0.4, 0.5) is 10.5 Å². The maximum atomic E-state index is 12.3. The van der Waals surface area contributed by atoms with Gasteiger partial charge in [0.25, 0.3) is 0 Å². The van der Waals surface area contributed by atoms with E-state index in [9.17, 15) is 4.79 Å². The van der Waals surface area contributed by atoms with Crippen LogP contribution in [0.25, 0.3) is 0 Å². The first kappa shape index (κ1) is 15.9. The number of piperazine rings is 1. The first-order valence-electron chi connectivity index (χ1n) is 8.28. The van der Waals surface area contributed by atoms with Gasteiger partial charge in [-0.25, -0.2) is 4.79 Å². The number of hydrogen-bond donors (Lipinski definition) is 1. The molecule has 0 spiro atoms. The van der Waals surface area contributed by atoms with Gasteiger partial charge in [-0.2, -0.15) is 0 Å². The summed E-state index contributed by atoms with van der Waals surface area (Å²) in [6.45, 7) is 4.70. The van der Waals surface area contributed by atoms with E-state index in [-0.39, 0.29) is 12.1 Å². The van der Waals surface area contributed by atoms with Gasteiger partial charge in [-0.3, -0.25) is 0 Å². The summed E-state index contributed by atoms with van der Waals surface area (Å²) in [5.41, 5.74) is 1.18. The highest BCUT2D eigenvalue weighted by molar-refractivity contribution is 5.75. The number of hydrogen-bond acceptors (Lipinski definition) is 4. The van der Waals surface area contributed by atoms with Crippen molar-refractivity contribution in [3.63, 3.8) is 0 Å². The molecule has 0 unspecified atom stereocenters. The van der Waals surface area contributed by atoms with Crippen molar-refractivity contribution < 1.29 is 14.3 Å². The Balaban J connectivity index is 1.48. The van der Waals surface area contributed by atoms with E-state index < -0.39 is 0 Å². The fourth-order valence-electron chi connectivity index (χ4n) is 3.07. The van der Waals surface area contributed by atoms with Gasteiger partial charge in [0.1, 0.15) is 5.75 Å². The molecule has 0 aliphatic carbocycles. The Morgan fingerprint density at radius 2 is 1.78 bits per heavy atom. The predicted molar refractivity (Wildman–Crippen MR) is 89.2 cm³/mol. The van der Waals surface area contributed by atoms with Gasteiger partial charge in [0.15, 0.2) is 0 Å². The minimum atomic E-state index is 0.0614. The third kappa shape index (κ3) is 4.07. The van der Waals surface area contributed by atoms with Gasteiger partial charge in [0.2, 0.25) is 0 Å². The second-order valence-corrected chi connectivity index (χ2v) is 6.01. The predicted octanol–water partition coefficient (Wildman–Crippen LogP) is 1.71. The number of benzene rings is 1. The van der Waals surface area contributed by atoms with Gasteiger partial charge in [-0.05, 0) is 37.1 Å². The highest BCUT2D eigenvalue weighted by atomic mass is 16.5. The number of carbonyl (C=O) groups excluding carboxylic acids is 1. The Morgan fingerprint density at radius 1 is 1.13 bits per heavy atom. The summed E-state index contributed by atoms with van der Waals surface area (Å²) >= 11 is 0. The molecule has 2 saturated heterocycles. The number of methoxy groups -OCH3 is 1. The van der Waals surface area contributed by atoms with E-state index in [1.165, 1.54) is 5.69 Å². The zero-order valence-electron chi connectivity index (χ0n) is 13.7. The highest BCUT2D eigenvalue weighted by Crippen LogP contribution is 2.20. The Kier molecular flexibility index (Phi) is 5.23. The lowest BCUT2D eigenvalue weighted by atomic mass is 10.1. The number of urea groups is 1. The molecule has 6 heteroatoms. The second kappa shape index (κ2) is 7.55. The van der Waals surface area contributed by atoms with E-state index in [0.717, 1.165) is 58.0 Å². The summed E-state index contributed by atoms with van der Waals surface area (Å²) in [6.07, 6.45) is 1.83. The molecule has 2 amide bonds. The molecule has 2 aliphatic heterocycles. The van der Waals surface area contributed by atoms with E-state index in [1.807, 2.05) is 17.0 Å². The van der Waals surface area contributed by atoms with Crippen molar-refractivity contribution in [2.75, 3.05) is 51.4 Å². The van der Waals surface area contributed by atoms with Crippen molar-refractivity contribution >= 4 is 11.7 Å². The van der Waals surface area contributed by atoms with Crippen molar-refractivity contribution in [2.45, 2.75) is 18.9 Å². The van der Waals surface area contributed by atoms with Crippen molar-refractivity contribution in [3.8, 4) is 5.75 Å². The lowest BCUT2D eigenvalue weighted by molar-refractivity contribution is 0.0779. The molecule has 0 saturated carbocycles. The summed E-state index contributed by atoms with van der Waals surface area (Å²) in [6, 6.07) is 8.40. The smallest absolute Gasteiger partial charge is 0.317 e. The first-order chi connectivity index (χ1) is 11.3. The molecule has 0 radical (unpaired) electrons. The standard InChI is InChI=1S/C17H25N3O3/c1-22-16-4-2-15(3-5-16)19-8-10-20(11-9-19)17(21)18-14-6-12-23-13-7-14/h2-5,14H,6-13H2,1H3,(H,18,21). The number of ether oxygens (including phenoxy) is 2. The maximum Gasteiger partial charge on any atom is 0.317 e. The van der Waals surface area contributed by atoms with E-state index in [2.05, 4.69) is 22.3 Å². The lowest BCUT2D eigenvalue weighted by Gasteiger charge is -2.37. The molecule has 1 aromatic rings. The average molecular weight is 319 g/mol. The lowest BCUT2D eigenvalue weighted by Crippen LogP contribution is -2.54. The monoisotopic (exact) mass is 319 g/mol. The van der Waals surface area contributed by atoms with E-state index >= 15 is 0 Å². The third-order valence-corrected chi connectivity index (χ3v) is 4.55. The Hall–Kier alpha value is -1.95. The molecule has 0 atom stereocenters. The number of anilines is 1.